The van der Waals surface area contributed by atoms with Crippen molar-refractivity contribution in [1.29, 1.82) is 0 Å². The Kier molecular flexibility index (Phi) is 3.51. The Morgan fingerprint density at radius 2 is 1.95 bits per heavy atom. The summed E-state index contributed by atoms with van der Waals surface area (Å²) in [5.41, 5.74) is 10.9. The number of rotatable bonds is 2. The van der Waals surface area contributed by atoms with Gasteiger partial charge in [0, 0.05) is 17.2 Å². The fourth-order valence-electron chi connectivity index (χ4n) is 3.32. The molecule has 1 heterocycles. The van der Waals surface area contributed by atoms with E-state index in [-0.39, 0.29) is 0 Å². The van der Waals surface area contributed by atoms with E-state index in [0.29, 0.717) is 11.7 Å². The normalized spacial score (nSPS) is 22.9. The maximum absolute atomic E-state index is 6.12. The van der Waals surface area contributed by atoms with Gasteiger partial charge in [0.05, 0.1) is 0 Å². The van der Waals surface area contributed by atoms with Gasteiger partial charge in [0.25, 0.3) is 0 Å². The number of aryl methyl sites for hydroxylation is 1. The Balaban J connectivity index is 1.97. The van der Waals surface area contributed by atoms with Gasteiger partial charge in [-0.05, 0) is 31.2 Å². The molecule has 0 unspecified atom stereocenters. The standard InChI is InChI=1S/C17H23N3/c1-11-6-8-13(9-7-11)16-15(17(18)20-19-16)14-5-3-4-12(2)10-14/h3-5,10-11,13H,6-9H2,1-2H3,(H3,18,19,20). The van der Waals surface area contributed by atoms with Crippen LogP contribution in [-0.4, -0.2) is 10.2 Å². The second kappa shape index (κ2) is 5.31. The molecule has 1 aliphatic rings. The van der Waals surface area contributed by atoms with E-state index < -0.39 is 0 Å². The number of anilines is 1. The summed E-state index contributed by atoms with van der Waals surface area (Å²) in [5.74, 6) is 2.06. The van der Waals surface area contributed by atoms with Crippen LogP contribution in [0.2, 0.25) is 0 Å². The van der Waals surface area contributed by atoms with E-state index in [2.05, 4.69) is 48.3 Å². The summed E-state index contributed by atoms with van der Waals surface area (Å²) in [6.45, 7) is 4.46. The lowest BCUT2D eigenvalue weighted by Gasteiger charge is -2.26. The first-order valence-electron chi connectivity index (χ1n) is 7.56. The molecule has 1 aromatic carbocycles. The number of H-pyrrole nitrogens is 1. The Labute approximate surface area is 120 Å². The van der Waals surface area contributed by atoms with Crippen LogP contribution in [0.4, 0.5) is 5.82 Å². The summed E-state index contributed by atoms with van der Waals surface area (Å²) < 4.78 is 0. The van der Waals surface area contributed by atoms with Crippen LogP contribution in [0, 0.1) is 12.8 Å². The lowest BCUT2D eigenvalue weighted by molar-refractivity contribution is 0.344. The van der Waals surface area contributed by atoms with Crippen LogP contribution in [0.25, 0.3) is 11.1 Å². The molecule has 1 aromatic heterocycles. The highest BCUT2D eigenvalue weighted by Gasteiger charge is 2.25. The van der Waals surface area contributed by atoms with Crippen LogP contribution in [0.15, 0.2) is 24.3 Å². The maximum atomic E-state index is 6.12. The third-order valence-corrected chi connectivity index (χ3v) is 4.55. The molecule has 3 N–H and O–H groups in total. The highest BCUT2D eigenvalue weighted by Crippen LogP contribution is 2.40. The maximum Gasteiger partial charge on any atom is 0.153 e. The third kappa shape index (κ3) is 2.45. The van der Waals surface area contributed by atoms with Crippen LogP contribution < -0.4 is 5.73 Å². The third-order valence-electron chi connectivity index (χ3n) is 4.55. The van der Waals surface area contributed by atoms with Crippen molar-refractivity contribution in [3.05, 3.63) is 35.5 Å². The zero-order valence-electron chi connectivity index (χ0n) is 12.3. The van der Waals surface area contributed by atoms with Gasteiger partial charge in [-0.25, -0.2) is 0 Å². The van der Waals surface area contributed by atoms with E-state index in [1.54, 1.807) is 0 Å². The second-order valence-corrected chi connectivity index (χ2v) is 6.22. The molecule has 3 heteroatoms. The molecule has 0 amide bonds. The number of benzene rings is 1. The largest absolute Gasteiger partial charge is 0.382 e. The molecule has 0 atom stereocenters. The average molecular weight is 269 g/mol. The number of nitrogens with two attached hydrogens (primary N) is 1. The lowest BCUT2D eigenvalue weighted by Crippen LogP contribution is -2.12. The topological polar surface area (TPSA) is 54.7 Å². The second-order valence-electron chi connectivity index (χ2n) is 6.22. The van der Waals surface area contributed by atoms with Crippen molar-refractivity contribution in [2.24, 2.45) is 5.92 Å². The molecule has 0 aliphatic heterocycles. The van der Waals surface area contributed by atoms with Crippen LogP contribution in [0.1, 0.15) is 49.8 Å². The van der Waals surface area contributed by atoms with E-state index in [0.717, 1.165) is 11.5 Å². The first kappa shape index (κ1) is 13.2. The Bertz CT molecular complexity index is 592. The van der Waals surface area contributed by atoms with Crippen molar-refractivity contribution < 1.29 is 0 Å². The first-order valence-corrected chi connectivity index (χ1v) is 7.56. The van der Waals surface area contributed by atoms with Crippen molar-refractivity contribution >= 4 is 5.82 Å². The first-order chi connectivity index (χ1) is 9.65. The number of aromatic nitrogens is 2. The van der Waals surface area contributed by atoms with Crippen molar-refractivity contribution in [3.8, 4) is 11.1 Å². The Hall–Kier alpha value is -1.77. The fourth-order valence-corrected chi connectivity index (χ4v) is 3.32. The number of hydrogen-bond acceptors (Lipinski definition) is 2. The summed E-state index contributed by atoms with van der Waals surface area (Å²) in [7, 11) is 0. The summed E-state index contributed by atoms with van der Waals surface area (Å²) in [5, 5.41) is 7.47. The molecule has 3 nitrogen and oxygen atoms in total. The molecule has 1 saturated carbocycles. The minimum Gasteiger partial charge on any atom is -0.382 e. The number of nitrogens with one attached hydrogen (secondary N) is 1. The molecule has 3 rings (SSSR count). The van der Waals surface area contributed by atoms with Gasteiger partial charge in [-0.3, -0.25) is 5.10 Å². The fraction of sp³-hybridized carbons (Fsp3) is 0.471. The minimum absolute atomic E-state index is 0.575. The molecule has 2 aromatic rings. The highest BCUT2D eigenvalue weighted by molar-refractivity contribution is 5.77. The van der Waals surface area contributed by atoms with Gasteiger partial charge < -0.3 is 5.73 Å². The number of nitrogens with zero attached hydrogens (tertiary/aromatic N) is 1. The highest BCUT2D eigenvalue weighted by atomic mass is 15.2. The van der Waals surface area contributed by atoms with Crippen LogP contribution in [0.3, 0.4) is 0 Å². The van der Waals surface area contributed by atoms with Gasteiger partial charge >= 0.3 is 0 Å². The molecule has 106 valence electrons. The van der Waals surface area contributed by atoms with E-state index >= 15 is 0 Å². The van der Waals surface area contributed by atoms with Crippen molar-refractivity contribution in [1.82, 2.24) is 10.2 Å². The van der Waals surface area contributed by atoms with Crippen molar-refractivity contribution in [2.45, 2.75) is 45.4 Å². The summed E-state index contributed by atoms with van der Waals surface area (Å²) in [6.07, 6.45) is 5.08. The molecule has 1 aliphatic carbocycles. The quantitative estimate of drug-likeness (QED) is 0.855. The number of nitrogen functional groups attached to an aromatic ring is 1. The van der Waals surface area contributed by atoms with Crippen molar-refractivity contribution in [3.63, 3.8) is 0 Å². The molecule has 0 radical (unpaired) electrons. The van der Waals surface area contributed by atoms with Gasteiger partial charge in [0.2, 0.25) is 0 Å². The molecular formula is C17H23N3. The SMILES string of the molecule is Cc1cccc(-c2c(N)n[nH]c2C2CCC(C)CC2)c1. The predicted molar refractivity (Wildman–Crippen MR) is 83.5 cm³/mol. The zero-order valence-corrected chi connectivity index (χ0v) is 12.3. The minimum atomic E-state index is 0.575. The summed E-state index contributed by atoms with van der Waals surface area (Å²) >= 11 is 0. The summed E-state index contributed by atoms with van der Waals surface area (Å²) in [6, 6.07) is 8.52. The van der Waals surface area contributed by atoms with Crippen molar-refractivity contribution in [2.75, 3.05) is 5.73 Å². The predicted octanol–water partition coefficient (Wildman–Crippen LogP) is 4.26. The van der Waals surface area contributed by atoms with Gasteiger partial charge in [-0.15, -0.1) is 0 Å². The number of hydrogen-bond donors (Lipinski definition) is 2. The number of aromatic amines is 1. The molecule has 1 fully saturated rings. The van der Waals surface area contributed by atoms with Crippen LogP contribution >= 0.6 is 0 Å². The van der Waals surface area contributed by atoms with Gasteiger partial charge in [0.1, 0.15) is 0 Å². The van der Waals surface area contributed by atoms with E-state index in [1.165, 1.54) is 42.5 Å². The van der Waals surface area contributed by atoms with Crippen LogP contribution in [-0.2, 0) is 0 Å². The van der Waals surface area contributed by atoms with Gasteiger partial charge in [0.15, 0.2) is 5.82 Å². The van der Waals surface area contributed by atoms with E-state index in [9.17, 15) is 0 Å². The van der Waals surface area contributed by atoms with E-state index in [1.807, 2.05) is 0 Å². The summed E-state index contributed by atoms with van der Waals surface area (Å²) in [4.78, 5) is 0. The smallest absolute Gasteiger partial charge is 0.153 e. The molecule has 20 heavy (non-hydrogen) atoms. The average Bonchev–Trinajstić information content (AvgIpc) is 2.81. The Morgan fingerprint density at radius 3 is 2.65 bits per heavy atom. The molecular weight excluding hydrogens is 246 g/mol. The van der Waals surface area contributed by atoms with E-state index in [4.69, 9.17) is 5.73 Å². The van der Waals surface area contributed by atoms with Crippen LogP contribution in [0.5, 0.6) is 0 Å². The Morgan fingerprint density at radius 1 is 1.20 bits per heavy atom. The lowest BCUT2D eigenvalue weighted by atomic mass is 9.80. The zero-order chi connectivity index (χ0) is 14.1. The molecule has 0 bridgehead atoms. The van der Waals surface area contributed by atoms with Gasteiger partial charge in [-0.2, -0.15) is 5.10 Å². The van der Waals surface area contributed by atoms with Gasteiger partial charge in [-0.1, -0.05) is 49.6 Å². The monoisotopic (exact) mass is 269 g/mol. The molecule has 0 spiro atoms. The molecule has 0 saturated heterocycles.